The Labute approximate surface area is 214 Å². The molecular weight excluding hydrogens is 442 g/mol. The summed E-state index contributed by atoms with van der Waals surface area (Å²) in [6.07, 6.45) is 4.71. The summed E-state index contributed by atoms with van der Waals surface area (Å²) in [4.78, 5) is 43.5. The first-order chi connectivity index (χ1) is 16.1. The van der Waals surface area contributed by atoms with Crippen LogP contribution in [0.3, 0.4) is 0 Å². The van der Waals surface area contributed by atoms with Crippen molar-refractivity contribution in [2.24, 2.45) is 17.3 Å². The minimum atomic E-state index is -0.685. The van der Waals surface area contributed by atoms with Crippen molar-refractivity contribution in [3.63, 3.8) is 0 Å². The van der Waals surface area contributed by atoms with Crippen LogP contribution in [0, 0.1) is 17.3 Å². The summed E-state index contributed by atoms with van der Waals surface area (Å²) >= 11 is 0. The average molecular weight is 494 g/mol. The van der Waals surface area contributed by atoms with Gasteiger partial charge in [-0.1, -0.05) is 61.0 Å². The van der Waals surface area contributed by atoms with Gasteiger partial charge in [-0.15, -0.1) is 0 Å². The second kappa shape index (κ2) is 13.4. The van der Waals surface area contributed by atoms with E-state index in [2.05, 4.69) is 31.0 Å². The zero-order valence-electron chi connectivity index (χ0n) is 24.1. The molecule has 7 heteroatoms. The zero-order valence-corrected chi connectivity index (χ0v) is 24.1. The highest BCUT2D eigenvalue weighted by molar-refractivity contribution is 5.91. The first kappa shape index (κ1) is 31.1. The van der Waals surface area contributed by atoms with E-state index in [0.717, 1.165) is 25.8 Å². The fraction of sp³-hybridized carbons (Fsp3) is 0.821. The van der Waals surface area contributed by atoms with Crippen LogP contribution in [-0.4, -0.2) is 72.0 Å². The first-order valence-electron chi connectivity index (χ1n) is 13.3. The van der Waals surface area contributed by atoms with Gasteiger partial charge < -0.3 is 15.0 Å². The lowest BCUT2D eigenvalue weighted by Gasteiger charge is -2.42. The number of rotatable bonds is 10. The largest absolute Gasteiger partial charge is 0.463 e. The smallest absolute Gasteiger partial charge is 0.333 e. The predicted molar refractivity (Wildman–Crippen MR) is 142 cm³/mol. The molecule has 0 aliphatic carbocycles. The van der Waals surface area contributed by atoms with Crippen LogP contribution in [0.15, 0.2) is 11.6 Å². The second-order valence-corrected chi connectivity index (χ2v) is 11.8. The molecule has 1 saturated heterocycles. The summed E-state index contributed by atoms with van der Waals surface area (Å²) in [6.45, 7) is 21.2. The van der Waals surface area contributed by atoms with Gasteiger partial charge in [0.05, 0.1) is 18.7 Å². The molecule has 1 N–H and O–H groups in total. The van der Waals surface area contributed by atoms with Gasteiger partial charge in [0, 0.05) is 18.7 Å². The van der Waals surface area contributed by atoms with Crippen molar-refractivity contribution in [2.45, 2.75) is 113 Å². The van der Waals surface area contributed by atoms with E-state index < -0.39 is 11.5 Å². The van der Waals surface area contributed by atoms with Gasteiger partial charge in [-0.3, -0.25) is 14.5 Å². The molecule has 0 saturated carbocycles. The lowest BCUT2D eigenvalue weighted by atomic mass is 9.84. The Hall–Kier alpha value is -1.89. The highest BCUT2D eigenvalue weighted by atomic mass is 16.5. The number of piperidine rings is 1. The van der Waals surface area contributed by atoms with E-state index in [9.17, 15) is 14.4 Å². The number of ether oxygens (including phenoxy) is 1. The van der Waals surface area contributed by atoms with Crippen LogP contribution < -0.4 is 5.32 Å². The molecule has 1 rings (SSSR count). The van der Waals surface area contributed by atoms with Crippen molar-refractivity contribution in [1.82, 2.24) is 15.1 Å². The van der Waals surface area contributed by atoms with Crippen molar-refractivity contribution in [3.05, 3.63) is 11.6 Å². The lowest BCUT2D eigenvalue weighted by molar-refractivity contribution is -0.142. The van der Waals surface area contributed by atoms with Crippen molar-refractivity contribution in [3.8, 4) is 0 Å². The molecule has 0 radical (unpaired) electrons. The van der Waals surface area contributed by atoms with Gasteiger partial charge in [-0.2, -0.15) is 0 Å². The molecule has 7 nitrogen and oxygen atoms in total. The van der Waals surface area contributed by atoms with E-state index in [1.807, 2.05) is 34.6 Å². The maximum atomic E-state index is 13.8. The fourth-order valence-electron chi connectivity index (χ4n) is 4.66. The molecule has 35 heavy (non-hydrogen) atoms. The highest BCUT2D eigenvalue weighted by Crippen LogP contribution is 2.27. The Morgan fingerprint density at radius 2 is 1.69 bits per heavy atom. The maximum absolute atomic E-state index is 13.8. The van der Waals surface area contributed by atoms with Crippen molar-refractivity contribution in [2.75, 3.05) is 20.2 Å². The molecule has 0 spiro atoms. The van der Waals surface area contributed by atoms with E-state index in [4.69, 9.17) is 4.74 Å². The van der Waals surface area contributed by atoms with Gasteiger partial charge in [0.15, 0.2) is 0 Å². The summed E-state index contributed by atoms with van der Waals surface area (Å²) in [5.41, 5.74) is -0.00643. The number of esters is 1. The number of nitrogens with zero attached hydrogens (tertiary/aromatic N) is 2. The van der Waals surface area contributed by atoms with Gasteiger partial charge in [0.2, 0.25) is 11.8 Å². The molecular formula is C28H51N3O4. The number of likely N-dealkylation sites (N-methyl/N-ethyl adjacent to an activating group) is 1. The molecule has 0 bridgehead atoms. The van der Waals surface area contributed by atoms with E-state index >= 15 is 0 Å². The number of hydrogen-bond donors (Lipinski definition) is 1. The Bertz CT molecular complexity index is 754. The first-order valence-corrected chi connectivity index (χ1v) is 13.3. The van der Waals surface area contributed by atoms with Crippen LogP contribution in [0.25, 0.3) is 0 Å². The van der Waals surface area contributed by atoms with E-state index in [1.54, 1.807) is 31.9 Å². The quantitative estimate of drug-likeness (QED) is 0.360. The van der Waals surface area contributed by atoms with Gasteiger partial charge in [0.25, 0.3) is 0 Å². The number of hydrogen-bond acceptors (Lipinski definition) is 5. The lowest BCUT2D eigenvalue weighted by Crippen LogP contribution is -2.61. The molecule has 2 amide bonds. The summed E-state index contributed by atoms with van der Waals surface area (Å²) in [5, 5.41) is 3.14. The highest BCUT2D eigenvalue weighted by Gasteiger charge is 2.40. The maximum Gasteiger partial charge on any atom is 0.333 e. The Kier molecular flexibility index (Phi) is 11.9. The summed E-state index contributed by atoms with van der Waals surface area (Å²) in [5.74, 6) is -0.0903. The molecule has 1 heterocycles. The molecule has 1 fully saturated rings. The van der Waals surface area contributed by atoms with Gasteiger partial charge in [0.1, 0.15) is 6.04 Å². The standard InChI is InChI=1S/C28H51N3O4/c1-12-35-27(34)20(6)17-23(19(4)5)30(11)26(33)24(28(8,9)10)29-25(32)22-15-13-14-16-31(22)21(7)18(2)3/h17-19,21-24H,12-16H2,1-11H3,(H,29,32)/b20-17+. The average Bonchev–Trinajstić information content (AvgIpc) is 2.78. The van der Waals surface area contributed by atoms with E-state index in [0.29, 0.717) is 24.1 Å². The second-order valence-electron chi connectivity index (χ2n) is 11.8. The normalized spacial score (nSPS) is 20.4. The van der Waals surface area contributed by atoms with Gasteiger partial charge >= 0.3 is 5.97 Å². The summed E-state index contributed by atoms with van der Waals surface area (Å²) < 4.78 is 5.12. The predicted octanol–water partition coefficient (Wildman–Crippen LogP) is 4.41. The minimum Gasteiger partial charge on any atom is -0.463 e. The van der Waals surface area contributed by atoms with Crippen molar-refractivity contribution < 1.29 is 19.1 Å². The molecule has 1 aliphatic rings. The van der Waals surface area contributed by atoms with Gasteiger partial charge in [-0.05, 0) is 57.4 Å². The van der Waals surface area contributed by atoms with E-state index in [1.165, 1.54) is 0 Å². The van der Waals surface area contributed by atoms with Crippen molar-refractivity contribution >= 4 is 17.8 Å². The van der Waals surface area contributed by atoms with Crippen LogP contribution in [0.4, 0.5) is 0 Å². The van der Waals surface area contributed by atoms with E-state index in [-0.39, 0.29) is 35.8 Å². The monoisotopic (exact) mass is 493 g/mol. The number of nitrogens with one attached hydrogen (secondary N) is 1. The number of carbonyl (C=O) groups is 3. The number of carbonyl (C=O) groups excluding carboxylic acids is 3. The zero-order chi connectivity index (χ0) is 27.1. The Morgan fingerprint density at radius 3 is 2.17 bits per heavy atom. The summed E-state index contributed by atoms with van der Waals surface area (Å²) in [6, 6.07) is -0.925. The van der Waals surface area contributed by atoms with Crippen LogP contribution in [0.5, 0.6) is 0 Å². The van der Waals surface area contributed by atoms with Gasteiger partial charge in [-0.25, -0.2) is 4.79 Å². The molecule has 4 atom stereocenters. The Balaban J connectivity index is 3.19. The van der Waals surface area contributed by atoms with Crippen LogP contribution in [0.2, 0.25) is 0 Å². The molecule has 0 aromatic heterocycles. The third-order valence-electron chi connectivity index (χ3n) is 7.23. The number of likely N-dealkylation sites (tertiary alicyclic amines) is 1. The fourth-order valence-corrected chi connectivity index (χ4v) is 4.66. The van der Waals surface area contributed by atoms with Crippen LogP contribution in [-0.2, 0) is 19.1 Å². The SMILES string of the molecule is CCOC(=O)/C(C)=C/C(C(C)C)N(C)C(=O)C(NC(=O)C1CCCCN1C(C)C(C)C)C(C)(C)C. The molecule has 0 aromatic carbocycles. The van der Waals surface area contributed by atoms with Crippen molar-refractivity contribution in [1.29, 1.82) is 0 Å². The third kappa shape index (κ3) is 8.62. The topological polar surface area (TPSA) is 79.0 Å². The molecule has 4 unspecified atom stereocenters. The summed E-state index contributed by atoms with van der Waals surface area (Å²) in [7, 11) is 1.75. The Morgan fingerprint density at radius 1 is 1.09 bits per heavy atom. The number of amides is 2. The minimum absolute atomic E-state index is 0.0711. The molecule has 0 aromatic rings. The molecule has 1 aliphatic heterocycles. The van der Waals surface area contributed by atoms with Crippen LogP contribution in [0.1, 0.15) is 88.5 Å². The van der Waals surface area contributed by atoms with Crippen LogP contribution >= 0.6 is 0 Å². The molecule has 202 valence electrons. The third-order valence-corrected chi connectivity index (χ3v) is 7.23.